The number of nitrogens with two attached hydrogens (primary N) is 1. The minimum Gasteiger partial charge on any atom is -0.497 e. The molecular formula is C16H23N3O3. The Hall–Kier alpha value is -2.08. The lowest BCUT2D eigenvalue weighted by atomic mass is 10.0. The average Bonchev–Trinajstić information content (AvgIpc) is 2.96. The number of benzene rings is 1. The molecule has 0 aliphatic carbocycles. The Morgan fingerprint density at radius 3 is 2.59 bits per heavy atom. The second-order valence-electron chi connectivity index (χ2n) is 5.66. The van der Waals surface area contributed by atoms with Gasteiger partial charge in [0, 0.05) is 6.54 Å². The number of methoxy groups -OCH3 is 1. The number of nitrogens with zero attached hydrogens (tertiary/aromatic N) is 2. The van der Waals surface area contributed by atoms with Gasteiger partial charge in [0.05, 0.1) is 26.2 Å². The van der Waals surface area contributed by atoms with E-state index in [1.165, 1.54) is 0 Å². The van der Waals surface area contributed by atoms with Crippen LogP contribution in [0.2, 0.25) is 0 Å². The van der Waals surface area contributed by atoms with Crippen LogP contribution in [-0.2, 0) is 9.59 Å². The van der Waals surface area contributed by atoms with E-state index in [0.29, 0.717) is 0 Å². The van der Waals surface area contributed by atoms with E-state index < -0.39 is 5.91 Å². The highest BCUT2D eigenvalue weighted by Crippen LogP contribution is 2.32. The second-order valence-corrected chi connectivity index (χ2v) is 5.66. The number of hydrogen-bond acceptors (Lipinski definition) is 4. The van der Waals surface area contributed by atoms with Crippen LogP contribution in [0.1, 0.15) is 24.4 Å². The Morgan fingerprint density at radius 1 is 1.32 bits per heavy atom. The lowest BCUT2D eigenvalue weighted by Gasteiger charge is -2.27. The smallest absolute Gasteiger partial charge is 0.237 e. The summed E-state index contributed by atoms with van der Waals surface area (Å²) < 4.78 is 5.16. The molecule has 0 unspecified atom stereocenters. The highest BCUT2D eigenvalue weighted by atomic mass is 16.5. The first kappa shape index (κ1) is 16.3. The summed E-state index contributed by atoms with van der Waals surface area (Å²) in [4.78, 5) is 26.9. The second kappa shape index (κ2) is 7.26. The number of amides is 2. The van der Waals surface area contributed by atoms with Crippen molar-refractivity contribution in [3.05, 3.63) is 29.8 Å². The van der Waals surface area contributed by atoms with Crippen molar-refractivity contribution in [2.24, 2.45) is 5.73 Å². The van der Waals surface area contributed by atoms with Crippen LogP contribution >= 0.6 is 0 Å². The Bertz CT molecular complexity index is 530. The molecule has 6 nitrogen and oxygen atoms in total. The average molecular weight is 305 g/mol. The van der Waals surface area contributed by atoms with Crippen molar-refractivity contribution in [2.75, 3.05) is 33.8 Å². The van der Waals surface area contributed by atoms with E-state index in [4.69, 9.17) is 10.5 Å². The van der Waals surface area contributed by atoms with Crippen LogP contribution in [0, 0.1) is 0 Å². The third-order valence-electron chi connectivity index (χ3n) is 3.90. The van der Waals surface area contributed by atoms with Crippen molar-refractivity contribution < 1.29 is 14.3 Å². The van der Waals surface area contributed by atoms with Gasteiger partial charge >= 0.3 is 0 Å². The Labute approximate surface area is 130 Å². The molecule has 0 spiro atoms. The van der Waals surface area contributed by atoms with Gasteiger partial charge in [0.1, 0.15) is 5.75 Å². The largest absolute Gasteiger partial charge is 0.497 e. The molecule has 1 aromatic rings. The molecule has 1 heterocycles. The summed E-state index contributed by atoms with van der Waals surface area (Å²) in [5.74, 6) is 0.409. The maximum absolute atomic E-state index is 12.5. The molecule has 1 aliphatic rings. The van der Waals surface area contributed by atoms with Crippen LogP contribution in [0.4, 0.5) is 0 Å². The topological polar surface area (TPSA) is 75.9 Å². The number of rotatable bonds is 6. The fraction of sp³-hybridized carbons (Fsp3) is 0.500. The van der Waals surface area contributed by atoms with Crippen molar-refractivity contribution in [3.63, 3.8) is 0 Å². The van der Waals surface area contributed by atoms with Gasteiger partial charge in [0.25, 0.3) is 0 Å². The zero-order chi connectivity index (χ0) is 16.1. The van der Waals surface area contributed by atoms with Crippen LogP contribution in [0.3, 0.4) is 0 Å². The minimum atomic E-state index is -0.427. The number of primary amides is 1. The molecule has 1 saturated heterocycles. The van der Waals surface area contributed by atoms with Crippen molar-refractivity contribution in [2.45, 2.75) is 18.9 Å². The SMILES string of the molecule is COc1ccc([C@@H]2CCCN2C(=O)CN(C)CC(N)=O)cc1. The quantitative estimate of drug-likeness (QED) is 0.842. The summed E-state index contributed by atoms with van der Waals surface area (Å²) in [6, 6.07) is 7.93. The van der Waals surface area contributed by atoms with E-state index in [1.807, 2.05) is 29.2 Å². The van der Waals surface area contributed by atoms with Crippen molar-refractivity contribution in [1.82, 2.24) is 9.80 Å². The first-order valence-corrected chi connectivity index (χ1v) is 7.41. The fourth-order valence-electron chi connectivity index (χ4n) is 2.88. The Balaban J connectivity index is 2.02. The molecule has 1 fully saturated rings. The van der Waals surface area contributed by atoms with Gasteiger partial charge < -0.3 is 15.4 Å². The number of carbonyl (C=O) groups excluding carboxylic acids is 2. The molecule has 1 atom stereocenters. The predicted molar refractivity (Wildman–Crippen MR) is 83.4 cm³/mol. The summed E-state index contributed by atoms with van der Waals surface area (Å²) >= 11 is 0. The normalized spacial score (nSPS) is 17.8. The van der Waals surface area contributed by atoms with E-state index in [9.17, 15) is 9.59 Å². The first-order chi connectivity index (χ1) is 10.5. The molecule has 0 bridgehead atoms. The lowest BCUT2D eigenvalue weighted by Crippen LogP contribution is -2.41. The summed E-state index contributed by atoms with van der Waals surface area (Å²) in [7, 11) is 3.36. The maximum atomic E-state index is 12.5. The van der Waals surface area contributed by atoms with Crippen LogP contribution in [0.25, 0.3) is 0 Å². The highest BCUT2D eigenvalue weighted by molar-refractivity contribution is 5.81. The van der Waals surface area contributed by atoms with Crippen LogP contribution in [-0.4, -0.2) is 55.4 Å². The summed E-state index contributed by atoms with van der Waals surface area (Å²) in [5, 5.41) is 0. The van der Waals surface area contributed by atoms with E-state index in [1.54, 1.807) is 19.1 Å². The summed E-state index contributed by atoms with van der Waals surface area (Å²) in [6.45, 7) is 1.04. The standard InChI is InChI=1S/C16H23N3O3/c1-18(10-15(17)20)11-16(21)19-9-3-4-14(19)12-5-7-13(22-2)8-6-12/h5-8,14H,3-4,9-11H2,1-2H3,(H2,17,20)/t14-/m0/s1. The Morgan fingerprint density at radius 2 is 2.00 bits per heavy atom. The number of hydrogen-bond donors (Lipinski definition) is 1. The minimum absolute atomic E-state index is 0.0297. The lowest BCUT2D eigenvalue weighted by molar-refractivity contribution is -0.133. The van der Waals surface area contributed by atoms with Gasteiger partial charge in [-0.15, -0.1) is 0 Å². The van der Waals surface area contributed by atoms with E-state index in [0.717, 1.165) is 30.7 Å². The summed E-state index contributed by atoms with van der Waals surface area (Å²) in [5.41, 5.74) is 6.27. The van der Waals surface area contributed by atoms with Gasteiger partial charge in [-0.1, -0.05) is 12.1 Å². The van der Waals surface area contributed by atoms with Gasteiger partial charge in [0.15, 0.2) is 0 Å². The van der Waals surface area contributed by atoms with Gasteiger partial charge in [-0.2, -0.15) is 0 Å². The van der Waals surface area contributed by atoms with Crippen molar-refractivity contribution in [1.29, 1.82) is 0 Å². The Kier molecular flexibility index (Phi) is 5.38. The highest BCUT2D eigenvalue weighted by Gasteiger charge is 2.30. The van der Waals surface area contributed by atoms with Crippen LogP contribution < -0.4 is 10.5 Å². The molecule has 120 valence electrons. The number of ether oxygens (including phenoxy) is 1. The monoisotopic (exact) mass is 305 g/mol. The van der Waals surface area contributed by atoms with Gasteiger partial charge in [-0.3, -0.25) is 14.5 Å². The molecule has 2 N–H and O–H groups in total. The molecule has 22 heavy (non-hydrogen) atoms. The first-order valence-electron chi connectivity index (χ1n) is 7.41. The van der Waals surface area contributed by atoms with Gasteiger partial charge in [-0.05, 0) is 37.6 Å². The third kappa shape index (κ3) is 3.98. The fourth-order valence-corrected chi connectivity index (χ4v) is 2.88. The zero-order valence-corrected chi connectivity index (χ0v) is 13.1. The number of likely N-dealkylation sites (tertiary alicyclic amines) is 1. The predicted octanol–water partition coefficient (Wildman–Crippen LogP) is 0.776. The number of carbonyl (C=O) groups is 2. The number of likely N-dealkylation sites (N-methyl/N-ethyl adjacent to an activating group) is 1. The van der Waals surface area contributed by atoms with Gasteiger partial charge in [0.2, 0.25) is 11.8 Å². The van der Waals surface area contributed by atoms with Crippen molar-refractivity contribution >= 4 is 11.8 Å². The molecule has 1 aliphatic heterocycles. The molecule has 0 radical (unpaired) electrons. The zero-order valence-electron chi connectivity index (χ0n) is 13.1. The third-order valence-corrected chi connectivity index (χ3v) is 3.90. The molecule has 6 heteroatoms. The summed E-state index contributed by atoms with van der Waals surface area (Å²) in [6.07, 6.45) is 1.94. The molecule has 1 aromatic carbocycles. The molecule has 2 rings (SSSR count). The molecule has 0 saturated carbocycles. The molecule has 0 aromatic heterocycles. The molecule has 2 amide bonds. The van der Waals surface area contributed by atoms with Crippen LogP contribution in [0.15, 0.2) is 24.3 Å². The van der Waals surface area contributed by atoms with Gasteiger partial charge in [-0.25, -0.2) is 0 Å². The van der Waals surface area contributed by atoms with Crippen LogP contribution in [0.5, 0.6) is 5.75 Å². The van der Waals surface area contributed by atoms with E-state index >= 15 is 0 Å². The van der Waals surface area contributed by atoms with Crippen molar-refractivity contribution in [3.8, 4) is 5.75 Å². The maximum Gasteiger partial charge on any atom is 0.237 e. The van der Waals surface area contributed by atoms with E-state index in [-0.39, 0.29) is 25.0 Å². The van der Waals surface area contributed by atoms with E-state index in [2.05, 4.69) is 0 Å². The molecular weight excluding hydrogens is 282 g/mol.